The van der Waals surface area contributed by atoms with Crippen molar-refractivity contribution < 1.29 is 15.1 Å². The van der Waals surface area contributed by atoms with Gasteiger partial charge < -0.3 is 0 Å². The summed E-state index contributed by atoms with van der Waals surface area (Å²) in [6, 6.07) is 29.2. The van der Waals surface area contributed by atoms with Crippen molar-refractivity contribution in [3.05, 3.63) is 176 Å². The van der Waals surface area contributed by atoms with Crippen LogP contribution in [-0.2, 0) is 0 Å². The van der Waals surface area contributed by atoms with Gasteiger partial charge in [-0.05, 0) is 51.5 Å². The van der Waals surface area contributed by atoms with Crippen molar-refractivity contribution in [2.24, 2.45) is 0 Å². The molecule has 0 aliphatic rings. The highest BCUT2D eigenvalue weighted by Gasteiger charge is 2.18. The molecule has 49 heavy (non-hydrogen) atoms. The van der Waals surface area contributed by atoms with Crippen LogP contribution in [0.5, 0.6) is 0 Å². The van der Waals surface area contributed by atoms with Gasteiger partial charge in [-0.2, -0.15) is 0 Å². The molecule has 0 aliphatic heterocycles. The maximum Gasteiger partial charge on any atom is 0.164 e. The Morgan fingerprint density at radius 3 is 1.78 bits per heavy atom. The van der Waals surface area contributed by atoms with Crippen molar-refractivity contribution >= 4 is 31.5 Å². The van der Waals surface area contributed by atoms with E-state index >= 15 is 0 Å². The van der Waals surface area contributed by atoms with Gasteiger partial charge in [0.15, 0.2) is 17.5 Å². The lowest BCUT2D eigenvalue weighted by atomic mass is 10.0. The molecule has 0 unspecified atom stereocenters. The highest BCUT2D eigenvalue weighted by atomic mass is 32.1. The van der Waals surface area contributed by atoms with Gasteiger partial charge in [0.25, 0.3) is 0 Å². The third kappa shape index (κ3) is 5.58. The molecule has 0 saturated carbocycles. The lowest BCUT2D eigenvalue weighted by molar-refractivity contribution is 1.08. The third-order valence-electron chi connectivity index (χ3n) is 8.16. The van der Waals surface area contributed by atoms with Gasteiger partial charge in [-0.1, -0.05) is 158 Å². The van der Waals surface area contributed by atoms with Crippen LogP contribution in [0.25, 0.3) is 87.7 Å². The van der Waals surface area contributed by atoms with Crippen LogP contribution in [0.3, 0.4) is 0 Å². The van der Waals surface area contributed by atoms with E-state index in [0.717, 1.165) is 33.6 Å². The van der Waals surface area contributed by atoms with Gasteiger partial charge >= 0.3 is 0 Å². The second-order valence-corrected chi connectivity index (χ2v) is 12.2. The molecule has 2 heterocycles. The average molecular weight is 655 g/mol. The zero-order chi connectivity index (χ0) is 42.1. The summed E-state index contributed by atoms with van der Waals surface area (Å²) in [6.07, 6.45) is 0. The molecular weight excluding hydrogens is 615 g/mol. The molecule has 230 valence electrons. The molecule has 0 fully saturated rings. The summed E-state index contributed by atoms with van der Waals surface area (Å²) in [5.74, 6) is 0.484. The van der Waals surface area contributed by atoms with Gasteiger partial charge in [-0.15, -0.1) is 11.3 Å². The van der Waals surface area contributed by atoms with Crippen LogP contribution in [0.1, 0.15) is 15.1 Å². The van der Waals surface area contributed by atoms with Gasteiger partial charge in [-0.25, -0.2) is 15.0 Å². The number of aromatic nitrogens is 3. The van der Waals surface area contributed by atoms with Crippen LogP contribution in [0.2, 0.25) is 0 Å². The maximum absolute atomic E-state index is 9.33. The van der Waals surface area contributed by atoms with Crippen molar-refractivity contribution in [1.82, 2.24) is 15.0 Å². The molecular formula is C45H29N3S. The third-order valence-corrected chi connectivity index (χ3v) is 9.18. The van der Waals surface area contributed by atoms with E-state index < -0.39 is 54.4 Å². The van der Waals surface area contributed by atoms with E-state index in [4.69, 9.17) is 25.9 Å². The summed E-state index contributed by atoms with van der Waals surface area (Å²) in [5.41, 5.74) is 4.42. The van der Waals surface area contributed by atoms with E-state index in [1.54, 1.807) is 0 Å². The average Bonchev–Trinajstić information content (AvgIpc) is 3.69. The molecule has 0 aliphatic carbocycles. The number of nitrogens with zero attached hydrogens (tertiary/aromatic N) is 3. The molecule has 3 nitrogen and oxygen atoms in total. The van der Waals surface area contributed by atoms with Gasteiger partial charge in [0, 0.05) is 36.9 Å². The van der Waals surface area contributed by atoms with E-state index in [2.05, 4.69) is 0 Å². The first kappa shape index (κ1) is 19.6. The van der Waals surface area contributed by atoms with Crippen LogP contribution in [-0.4, -0.2) is 15.0 Å². The largest absolute Gasteiger partial charge is 0.208 e. The van der Waals surface area contributed by atoms with Crippen LogP contribution < -0.4 is 0 Å². The molecule has 0 spiro atoms. The number of hydrogen-bond acceptors (Lipinski definition) is 4. The highest BCUT2D eigenvalue weighted by molar-refractivity contribution is 7.26. The topological polar surface area (TPSA) is 38.7 Å². The van der Waals surface area contributed by atoms with Crippen molar-refractivity contribution in [2.75, 3.05) is 0 Å². The molecule has 0 saturated heterocycles. The Labute approximate surface area is 304 Å². The van der Waals surface area contributed by atoms with E-state index in [1.165, 1.54) is 0 Å². The van der Waals surface area contributed by atoms with Crippen molar-refractivity contribution in [2.45, 2.75) is 0 Å². The number of rotatable bonds is 6. The number of hydrogen-bond donors (Lipinski definition) is 0. The Morgan fingerprint density at radius 1 is 0.408 bits per heavy atom. The molecule has 0 amide bonds. The fraction of sp³-hybridized carbons (Fsp3) is 0. The monoisotopic (exact) mass is 654 g/mol. The Balaban J connectivity index is 1.33. The van der Waals surface area contributed by atoms with E-state index in [-0.39, 0.29) is 66.4 Å². The van der Waals surface area contributed by atoms with Gasteiger partial charge in [-0.3, -0.25) is 0 Å². The van der Waals surface area contributed by atoms with E-state index in [9.17, 15) is 4.11 Å². The molecule has 0 atom stereocenters. The Hall–Kier alpha value is -6.23. The van der Waals surface area contributed by atoms with Crippen LogP contribution in [0.4, 0.5) is 0 Å². The summed E-state index contributed by atoms with van der Waals surface area (Å²) in [5, 5.41) is 0.154. The first-order valence-corrected chi connectivity index (χ1v) is 16.3. The smallest absolute Gasteiger partial charge is 0.164 e. The van der Waals surface area contributed by atoms with Crippen LogP contribution in [0.15, 0.2) is 176 Å². The summed E-state index contributed by atoms with van der Waals surface area (Å²) >= 11 is 0.896. The molecule has 7 aromatic carbocycles. The number of benzene rings is 7. The zero-order valence-electron chi connectivity index (χ0n) is 36.6. The van der Waals surface area contributed by atoms with E-state index in [1.807, 2.05) is 109 Å². The predicted octanol–water partition coefficient (Wildman–Crippen LogP) is 12.2. The lowest BCUT2D eigenvalue weighted by Gasteiger charge is -2.11. The summed E-state index contributed by atoms with van der Waals surface area (Å²) in [7, 11) is 0. The lowest BCUT2D eigenvalue weighted by Crippen LogP contribution is -2.00. The van der Waals surface area contributed by atoms with Crippen molar-refractivity contribution in [1.29, 1.82) is 0 Å². The van der Waals surface area contributed by atoms with Gasteiger partial charge in [0.2, 0.25) is 0 Å². The minimum Gasteiger partial charge on any atom is -0.208 e. The standard InChI is InChI=1S/C45H29N3S/c1-4-12-30(13-5-1)33-22-24-34(25-23-33)43-46-44(37-19-10-18-35(28-37)31-14-6-2-7-15-31)48-45(47-43)39-20-11-21-40-42(39)38-27-26-36(29-41(38)49-40)32-16-8-3-9-17-32/h1-29H/i3D,8D,9D,11D,16D,17D,20D,21D,26D,27D,29D. The van der Waals surface area contributed by atoms with Crippen LogP contribution >= 0.6 is 11.3 Å². The van der Waals surface area contributed by atoms with Crippen LogP contribution in [0, 0.1) is 0 Å². The second-order valence-electron chi connectivity index (χ2n) is 11.2. The highest BCUT2D eigenvalue weighted by Crippen LogP contribution is 2.41. The summed E-state index contributed by atoms with van der Waals surface area (Å²) < 4.78 is 96.9. The number of thiophene rings is 1. The first-order valence-electron chi connectivity index (χ1n) is 21.0. The second kappa shape index (κ2) is 12.4. The summed E-state index contributed by atoms with van der Waals surface area (Å²) in [6.45, 7) is 0. The molecule has 2 aromatic heterocycles. The molecule has 4 heteroatoms. The quantitative estimate of drug-likeness (QED) is 0.179. The van der Waals surface area contributed by atoms with E-state index in [0.29, 0.717) is 11.1 Å². The molecule has 9 rings (SSSR count). The molecule has 0 bridgehead atoms. The minimum atomic E-state index is -0.647. The molecule has 9 aromatic rings. The fourth-order valence-electron chi connectivity index (χ4n) is 5.77. The van der Waals surface area contributed by atoms with Gasteiger partial charge in [0.1, 0.15) is 0 Å². The Morgan fingerprint density at radius 2 is 1.02 bits per heavy atom. The van der Waals surface area contributed by atoms with Crippen molar-refractivity contribution in [3.63, 3.8) is 0 Å². The van der Waals surface area contributed by atoms with Gasteiger partial charge in [0.05, 0.1) is 15.1 Å². The zero-order valence-corrected chi connectivity index (χ0v) is 26.5. The Bertz CT molecular complexity index is 3180. The fourth-order valence-corrected chi connectivity index (χ4v) is 6.79. The molecule has 0 N–H and O–H groups in total. The minimum absolute atomic E-state index is 0.00475. The maximum atomic E-state index is 9.33. The first-order chi connectivity index (χ1) is 28.8. The normalized spacial score (nSPS) is 14.4. The number of fused-ring (bicyclic) bond motifs is 3. The Kier molecular flexibility index (Phi) is 4.96. The SMILES string of the molecule is [2H]c1c([2H])c([2H])c(-c2c([2H])c([2H])c3c(sc4c([2H])c([2H])c([2H])c(-c5nc(-c6ccc(-c7ccccc7)cc6)nc(-c6cccc(-c7ccccc7)c6)n5)c43)c2[2H])c([2H])c1[2H]. The predicted molar refractivity (Wildman–Crippen MR) is 205 cm³/mol. The summed E-state index contributed by atoms with van der Waals surface area (Å²) in [4.78, 5) is 14.7. The molecule has 0 radical (unpaired) electrons. The van der Waals surface area contributed by atoms with Crippen molar-refractivity contribution in [3.8, 4) is 67.5 Å².